The summed E-state index contributed by atoms with van der Waals surface area (Å²) in [7, 11) is 0. The van der Waals surface area contributed by atoms with E-state index in [-0.39, 0.29) is 6.61 Å². The number of halogens is 1. The zero-order chi connectivity index (χ0) is 15.8. The summed E-state index contributed by atoms with van der Waals surface area (Å²) in [6.07, 6.45) is 1.50. The summed E-state index contributed by atoms with van der Waals surface area (Å²) in [5, 5.41) is 13.4. The SMILES string of the molecule is N#Cc1ccccc1OCC(=O)NN=Cc1ccc(Cl)cc1. The van der Waals surface area contributed by atoms with Crippen molar-refractivity contribution >= 4 is 23.7 Å². The predicted molar refractivity (Wildman–Crippen MR) is 83.8 cm³/mol. The molecule has 0 unspecified atom stereocenters. The number of ether oxygens (including phenoxy) is 1. The van der Waals surface area contributed by atoms with Crippen LogP contribution in [-0.2, 0) is 4.79 Å². The Hall–Kier alpha value is -2.84. The third-order valence-electron chi connectivity index (χ3n) is 2.64. The molecule has 2 aromatic rings. The Balaban J connectivity index is 1.83. The van der Waals surface area contributed by atoms with Gasteiger partial charge in [0.05, 0.1) is 11.8 Å². The van der Waals surface area contributed by atoms with Crippen molar-refractivity contribution in [1.82, 2.24) is 5.43 Å². The van der Waals surface area contributed by atoms with E-state index in [4.69, 9.17) is 21.6 Å². The van der Waals surface area contributed by atoms with Crippen LogP contribution in [-0.4, -0.2) is 18.7 Å². The lowest BCUT2D eigenvalue weighted by Crippen LogP contribution is -2.24. The highest BCUT2D eigenvalue weighted by Crippen LogP contribution is 2.16. The smallest absolute Gasteiger partial charge is 0.277 e. The maximum absolute atomic E-state index is 11.6. The zero-order valence-corrected chi connectivity index (χ0v) is 12.2. The highest BCUT2D eigenvalue weighted by molar-refractivity contribution is 6.30. The van der Waals surface area contributed by atoms with E-state index >= 15 is 0 Å². The molecule has 0 fully saturated rings. The lowest BCUT2D eigenvalue weighted by atomic mass is 10.2. The molecule has 0 heterocycles. The molecule has 2 rings (SSSR count). The molecule has 0 aliphatic heterocycles. The Morgan fingerprint density at radius 3 is 2.73 bits per heavy atom. The number of hydrogen-bond donors (Lipinski definition) is 1. The fourth-order valence-electron chi connectivity index (χ4n) is 1.59. The minimum atomic E-state index is -0.419. The minimum Gasteiger partial charge on any atom is -0.482 e. The molecule has 1 N–H and O–H groups in total. The van der Waals surface area contributed by atoms with Crippen molar-refractivity contribution in [2.75, 3.05) is 6.61 Å². The van der Waals surface area contributed by atoms with Crippen LogP contribution < -0.4 is 10.2 Å². The molecular formula is C16H12ClN3O2. The molecule has 22 heavy (non-hydrogen) atoms. The molecule has 1 amide bonds. The Labute approximate surface area is 132 Å². The third-order valence-corrected chi connectivity index (χ3v) is 2.89. The average Bonchev–Trinajstić information content (AvgIpc) is 2.55. The molecule has 0 spiro atoms. The Kier molecular flexibility index (Phi) is 5.52. The van der Waals surface area contributed by atoms with Gasteiger partial charge in [-0.2, -0.15) is 10.4 Å². The van der Waals surface area contributed by atoms with Crippen molar-refractivity contribution in [1.29, 1.82) is 5.26 Å². The number of nitrogens with zero attached hydrogens (tertiary/aromatic N) is 2. The van der Waals surface area contributed by atoms with E-state index in [1.54, 1.807) is 48.5 Å². The first kappa shape index (κ1) is 15.5. The first-order valence-electron chi connectivity index (χ1n) is 6.38. The zero-order valence-electron chi connectivity index (χ0n) is 11.5. The van der Waals surface area contributed by atoms with Gasteiger partial charge in [0.25, 0.3) is 5.91 Å². The van der Waals surface area contributed by atoms with Crippen LogP contribution in [0.3, 0.4) is 0 Å². The van der Waals surface area contributed by atoms with Gasteiger partial charge in [0.2, 0.25) is 0 Å². The number of carbonyl (C=O) groups is 1. The number of nitriles is 1. The summed E-state index contributed by atoms with van der Waals surface area (Å²) in [5.74, 6) is -0.0558. The van der Waals surface area contributed by atoms with Crippen LogP contribution in [0, 0.1) is 11.3 Å². The van der Waals surface area contributed by atoms with Crippen molar-refractivity contribution in [2.45, 2.75) is 0 Å². The van der Waals surface area contributed by atoms with Gasteiger partial charge in [0.1, 0.15) is 11.8 Å². The molecule has 0 atom stereocenters. The quantitative estimate of drug-likeness (QED) is 0.681. The van der Waals surface area contributed by atoms with Gasteiger partial charge in [0.15, 0.2) is 6.61 Å². The monoisotopic (exact) mass is 313 g/mol. The van der Waals surface area contributed by atoms with Crippen molar-refractivity contribution in [3.63, 3.8) is 0 Å². The Morgan fingerprint density at radius 2 is 2.00 bits per heavy atom. The van der Waals surface area contributed by atoms with E-state index in [1.807, 2.05) is 6.07 Å². The molecule has 0 aromatic heterocycles. The largest absolute Gasteiger partial charge is 0.482 e. The Morgan fingerprint density at radius 1 is 1.27 bits per heavy atom. The summed E-state index contributed by atoms with van der Waals surface area (Å²) in [5.41, 5.74) is 3.52. The van der Waals surface area contributed by atoms with Crippen molar-refractivity contribution in [2.24, 2.45) is 5.10 Å². The van der Waals surface area contributed by atoms with Crippen molar-refractivity contribution < 1.29 is 9.53 Å². The standard InChI is InChI=1S/C16H12ClN3O2/c17-14-7-5-12(6-8-14)10-19-20-16(21)11-22-15-4-2-1-3-13(15)9-18/h1-8,10H,11H2,(H,20,21). The third kappa shape index (κ3) is 4.62. The maximum Gasteiger partial charge on any atom is 0.277 e. The number of rotatable bonds is 5. The highest BCUT2D eigenvalue weighted by Gasteiger charge is 2.05. The molecule has 110 valence electrons. The number of nitrogens with one attached hydrogen (secondary N) is 1. The fourth-order valence-corrected chi connectivity index (χ4v) is 1.71. The van der Waals surface area contributed by atoms with Gasteiger partial charge in [-0.15, -0.1) is 0 Å². The number of benzene rings is 2. The van der Waals surface area contributed by atoms with Gasteiger partial charge in [-0.25, -0.2) is 5.43 Å². The number of hydrogen-bond acceptors (Lipinski definition) is 4. The fraction of sp³-hybridized carbons (Fsp3) is 0.0625. The van der Waals surface area contributed by atoms with Gasteiger partial charge in [-0.3, -0.25) is 4.79 Å². The van der Waals surface area contributed by atoms with E-state index in [0.717, 1.165) is 5.56 Å². The molecule has 0 aliphatic rings. The van der Waals surface area contributed by atoms with Gasteiger partial charge < -0.3 is 4.74 Å². The number of hydrazone groups is 1. The van der Waals surface area contributed by atoms with E-state index in [9.17, 15) is 4.79 Å². The second-order valence-corrected chi connectivity index (χ2v) is 4.68. The molecule has 2 aromatic carbocycles. The number of amides is 1. The lowest BCUT2D eigenvalue weighted by Gasteiger charge is -2.06. The molecule has 5 nitrogen and oxygen atoms in total. The van der Waals surface area contributed by atoms with E-state index in [0.29, 0.717) is 16.3 Å². The van der Waals surface area contributed by atoms with E-state index in [1.165, 1.54) is 6.21 Å². The summed E-state index contributed by atoms with van der Waals surface area (Å²) < 4.78 is 5.28. The maximum atomic E-state index is 11.6. The first-order chi connectivity index (χ1) is 10.7. The predicted octanol–water partition coefficient (Wildman–Crippen LogP) is 2.74. The van der Waals surface area contributed by atoms with Crippen LogP contribution in [0.4, 0.5) is 0 Å². The average molecular weight is 314 g/mol. The first-order valence-corrected chi connectivity index (χ1v) is 6.76. The van der Waals surface area contributed by atoms with Crippen LogP contribution in [0.5, 0.6) is 5.75 Å². The topological polar surface area (TPSA) is 74.5 Å². The van der Waals surface area contributed by atoms with Gasteiger partial charge >= 0.3 is 0 Å². The van der Waals surface area contributed by atoms with Crippen LogP contribution in [0.1, 0.15) is 11.1 Å². The van der Waals surface area contributed by atoms with Crippen LogP contribution in [0.25, 0.3) is 0 Å². The van der Waals surface area contributed by atoms with E-state index in [2.05, 4.69) is 10.5 Å². The normalized spacial score (nSPS) is 10.2. The second-order valence-electron chi connectivity index (χ2n) is 4.24. The van der Waals surface area contributed by atoms with Crippen LogP contribution in [0.2, 0.25) is 5.02 Å². The van der Waals surface area contributed by atoms with Crippen LogP contribution in [0.15, 0.2) is 53.6 Å². The van der Waals surface area contributed by atoms with Gasteiger partial charge in [-0.1, -0.05) is 35.9 Å². The number of carbonyl (C=O) groups excluding carboxylic acids is 1. The molecule has 0 saturated carbocycles. The van der Waals surface area contributed by atoms with Gasteiger partial charge in [-0.05, 0) is 29.8 Å². The number of para-hydroxylation sites is 1. The highest BCUT2D eigenvalue weighted by atomic mass is 35.5. The summed E-state index contributed by atoms with van der Waals surface area (Å²) in [6.45, 7) is -0.226. The minimum absolute atomic E-state index is 0.226. The lowest BCUT2D eigenvalue weighted by molar-refractivity contribution is -0.123. The Bertz CT molecular complexity index is 721. The summed E-state index contributed by atoms with van der Waals surface area (Å²) in [6, 6.07) is 15.7. The molecule has 0 aliphatic carbocycles. The second kappa shape index (κ2) is 7.81. The van der Waals surface area contributed by atoms with Crippen molar-refractivity contribution in [3.8, 4) is 11.8 Å². The molecule has 0 bridgehead atoms. The van der Waals surface area contributed by atoms with Crippen molar-refractivity contribution in [3.05, 3.63) is 64.7 Å². The van der Waals surface area contributed by atoms with Gasteiger partial charge in [0, 0.05) is 5.02 Å². The summed E-state index contributed by atoms with van der Waals surface area (Å²) in [4.78, 5) is 11.6. The molecule has 0 radical (unpaired) electrons. The molecule has 6 heteroatoms. The van der Waals surface area contributed by atoms with Crippen LogP contribution >= 0.6 is 11.6 Å². The van der Waals surface area contributed by atoms with E-state index < -0.39 is 5.91 Å². The molecule has 0 saturated heterocycles. The summed E-state index contributed by atoms with van der Waals surface area (Å²) >= 11 is 5.77. The molecular weight excluding hydrogens is 302 g/mol.